The third kappa shape index (κ3) is 2.53. The predicted octanol–water partition coefficient (Wildman–Crippen LogP) is 0.512. The summed E-state index contributed by atoms with van der Waals surface area (Å²) in [5.41, 5.74) is 0.0630. The number of nitrogens with one attached hydrogen (secondary N) is 1. The highest BCUT2D eigenvalue weighted by Gasteiger charge is 2.47. The van der Waals surface area contributed by atoms with E-state index in [9.17, 15) is 18.7 Å². The molecule has 0 bridgehead atoms. The van der Waals surface area contributed by atoms with Crippen LogP contribution in [0.15, 0.2) is 4.42 Å². The van der Waals surface area contributed by atoms with Crippen molar-refractivity contribution < 1.29 is 23.1 Å². The molecule has 2 aliphatic rings. The molecule has 0 saturated carbocycles. The number of amides is 1. The highest BCUT2D eigenvalue weighted by molar-refractivity contribution is 5.93. The number of aliphatic hydroxyl groups is 1. The van der Waals surface area contributed by atoms with Crippen molar-refractivity contribution in [2.24, 2.45) is 0 Å². The van der Waals surface area contributed by atoms with Crippen LogP contribution in [-0.2, 0) is 0 Å². The van der Waals surface area contributed by atoms with Crippen LogP contribution in [0.1, 0.15) is 34.5 Å². The monoisotopic (exact) mass is 301 g/mol. The average Bonchev–Trinajstić information content (AvgIpc) is 2.86. The highest BCUT2D eigenvalue weighted by Crippen LogP contribution is 2.33. The molecule has 0 aromatic carbocycles. The van der Waals surface area contributed by atoms with Crippen LogP contribution in [0.5, 0.6) is 0 Å². The Morgan fingerprint density at radius 1 is 1.57 bits per heavy atom. The van der Waals surface area contributed by atoms with E-state index in [2.05, 4.69) is 10.3 Å². The Balaban J connectivity index is 1.83. The lowest BCUT2D eigenvalue weighted by molar-refractivity contribution is 0.0115. The van der Waals surface area contributed by atoms with Crippen LogP contribution >= 0.6 is 0 Å². The number of hydrogen-bond acceptors (Lipinski definition) is 5. The number of rotatable bonds is 3. The van der Waals surface area contributed by atoms with Gasteiger partial charge in [0, 0.05) is 19.5 Å². The third-order valence-corrected chi connectivity index (χ3v) is 3.99. The second-order valence-corrected chi connectivity index (χ2v) is 5.64. The van der Waals surface area contributed by atoms with Gasteiger partial charge in [-0.1, -0.05) is 0 Å². The van der Waals surface area contributed by atoms with E-state index >= 15 is 0 Å². The zero-order chi connectivity index (χ0) is 15.2. The van der Waals surface area contributed by atoms with E-state index < -0.39 is 37.4 Å². The van der Waals surface area contributed by atoms with Crippen LogP contribution < -0.4 is 5.32 Å². The molecule has 116 valence electrons. The van der Waals surface area contributed by atoms with Gasteiger partial charge in [0.25, 0.3) is 11.8 Å². The topological polar surface area (TPSA) is 78.6 Å². The van der Waals surface area contributed by atoms with Gasteiger partial charge in [0.15, 0.2) is 5.69 Å². The van der Waals surface area contributed by atoms with Crippen LogP contribution in [0.2, 0.25) is 0 Å². The fourth-order valence-corrected chi connectivity index (χ4v) is 2.69. The Bertz CT molecular complexity index is 557. The number of carbonyl (C=O) groups is 1. The zero-order valence-corrected chi connectivity index (χ0v) is 11.6. The van der Waals surface area contributed by atoms with Gasteiger partial charge in [-0.3, -0.25) is 4.79 Å². The largest absolute Gasteiger partial charge is 0.445 e. The average molecular weight is 301 g/mol. The van der Waals surface area contributed by atoms with Gasteiger partial charge in [-0.05, 0) is 6.92 Å². The van der Waals surface area contributed by atoms with Crippen LogP contribution in [0, 0.1) is 6.92 Å². The third-order valence-electron chi connectivity index (χ3n) is 3.99. The number of aryl methyl sites for hydroxylation is 1. The van der Waals surface area contributed by atoms with Crippen LogP contribution in [0.25, 0.3) is 0 Å². The van der Waals surface area contributed by atoms with Gasteiger partial charge in [0.05, 0.1) is 25.1 Å². The molecule has 21 heavy (non-hydrogen) atoms. The van der Waals surface area contributed by atoms with Gasteiger partial charge in [-0.15, -0.1) is 0 Å². The first-order chi connectivity index (χ1) is 9.91. The summed E-state index contributed by atoms with van der Waals surface area (Å²) < 4.78 is 32.4. The quantitative estimate of drug-likeness (QED) is 0.850. The molecular weight excluding hydrogens is 284 g/mol. The predicted molar refractivity (Wildman–Crippen MR) is 68.3 cm³/mol. The van der Waals surface area contributed by atoms with Gasteiger partial charge in [0.1, 0.15) is 5.76 Å². The van der Waals surface area contributed by atoms with Gasteiger partial charge >= 0.3 is 0 Å². The van der Waals surface area contributed by atoms with E-state index in [1.54, 1.807) is 6.92 Å². The van der Waals surface area contributed by atoms with Gasteiger partial charge in [-0.25, -0.2) is 13.8 Å². The smallest absolute Gasteiger partial charge is 0.276 e. The van der Waals surface area contributed by atoms with Gasteiger partial charge < -0.3 is 19.7 Å². The standard InChI is InChI=1S/C13H17F2N3O3/c1-7-10(17-11(21-7)8-3-16-4-8)12(20)18-6-13(14,15)2-9(18)5-19/h8-9,16,19H,2-6H2,1H3/t9-/m0/s1. The van der Waals surface area contributed by atoms with Crippen molar-refractivity contribution in [2.75, 3.05) is 26.2 Å². The molecule has 1 aromatic heterocycles. The van der Waals surface area contributed by atoms with Crippen molar-refractivity contribution in [3.8, 4) is 0 Å². The number of hydrogen-bond donors (Lipinski definition) is 2. The summed E-state index contributed by atoms with van der Waals surface area (Å²) >= 11 is 0. The molecule has 0 spiro atoms. The molecule has 2 aliphatic heterocycles. The number of halogens is 2. The normalized spacial score (nSPS) is 25.1. The molecule has 1 amide bonds. The molecule has 2 N–H and O–H groups in total. The summed E-state index contributed by atoms with van der Waals surface area (Å²) in [7, 11) is 0. The number of oxazole rings is 1. The maximum atomic E-state index is 13.4. The summed E-state index contributed by atoms with van der Waals surface area (Å²) in [6.45, 7) is 1.88. The van der Waals surface area contributed by atoms with Crippen LogP contribution in [0.4, 0.5) is 8.78 Å². The summed E-state index contributed by atoms with van der Waals surface area (Å²) in [6.07, 6.45) is -0.522. The van der Waals surface area contributed by atoms with Crippen molar-refractivity contribution in [1.82, 2.24) is 15.2 Å². The van der Waals surface area contributed by atoms with Crippen molar-refractivity contribution >= 4 is 5.91 Å². The van der Waals surface area contributed by atoms with Crippen LogP contribution in [-0.4, -0.2) is 59.1 Å². The minimum Gasteiger partial charge on any atom is -0.445 e. The number of likely N-dealkylation sites (tertiary alicyclic amines) is 1. The number of aromatic nitrogens is 1. The van der Waals surface area contributed by atoms with E-state index in [-0.39, 0.29) is 11.6 Å². The lowest BCUT2D eigenvalue weighted by Gasteiger charge is -2.23. The lowest BCUT2D eigenvalue weighted by atomic mass is 10.0. The number of alkyl halides is 2. The van der Waals surface area contributed by atoms with E-state index in [4.69, 9.17) is 4.42 Å². The molecule has 3 heterocycles. The van der Waals surface area contributed by atoms with E-state index in [0.29, 0.717) is 11.7 Å². The Labute approximate surface area is 120 Å². The summed E-state index contributed by atoms with van der Waals surface area (Å²) in [4.78, 5) is 17.6. The summed E-state index contributed by atoms with van der Waals surface area (Å²) in [6, 6.07) is -0.877. The molecule has 0 aliphatic carbocycles. The second kappa shape index (κ2) is 5.03. The fraction of sp³-hybridized carbons (Fsp3) is 0.692. The Kier molecular flexibility index (Phi) is 3.45. The maximum absolute atomic E-state index is 13.4. The molecular formula is C13H17F2N3O3. The molecule has 1 atom stereocenters. The maximum Gasteiger partial charge on any atom is 0.276 e. The first-order valence-corrected chi connectivity index (χ1v) is 6.89. The summed E-state index contributed by atoms with van der Waals surface area (Å²) in [5, 5.41) is 12.3. The molecule has 6 nitrogen and oxygen atoms in total. The molecule has 2 fully saturated rings. The van der Waals surface area contributed by atoms with Crippen molar-refractivity contribution in [2.45, 2.75) is 31.2 Å². The SMILES string of the molecule is Cc1oc(C2CNC2)nc1C(=O)N1CC(F)(F)C[C@H]1CO. The van der Waals surface area contributed by atoms with Gasteiger partial charge in [-0.2, -0.15) is 0 Å². The van der Waals surface area contributed by atoms with Gasteiger partial charge in [0.2, 0.25) is 5.89 Å². The minimum absolute atomic E-state index is 0.0630. The molecule has 3 rings (SSSR count). The first-order valence-electron chi connectivity index (χ1n) is 6.89. The van der Waals surface area contributed by atoms with E-state index in [1.165, 1.54) is 0 Å². The highest BCUT2D eigenvalue weighted by atomic mass is 19.3. The zero-order valence-electron chi connectivity index (χ0n) is 11.6. The Morgan fingerprint density at radius 2 is 2.29 bits per heavy atom. The van der Waals surface area contributed by atoms with Crippen molar-refractivity contribution in [3.05, 3.63) is 17.3 Å². The Morgan fingerprint density at radius 3 is 2.86 bits per heavy atom. The second-order valence-electron chi connectivity index (χ2n) is 5.64. The minimum atomic E-state index is -2.97. The van der Waals surface area contributed by atoms with Crippen LogP contribution in [0.3, 0.4) is 0 Å². The Hall–Kier alpha value is -1.54. The molecule has 1 aromatic rings. The molecule has 8 heteroatoms. The number of aliphatic hydroxyl groups excluding tert-OH is 1. The molecule has 2 saturated heterocycles. The molecule has 0 radical (unpaired) electrons. The van der Waals surface area contributed by atoms with E-state index in [1.807, 2.05) is 0 Å². The number of nitrogens with zero attached hydrogens (tertiary/aromatic N) is 2. The first kappa shape index (κ1) is 14.4. The lowest BCUT2D eigenvalue weighted by Crippen LogP contribution is -2.40. The van der Waals surface area contributed by atoms with Crippen molar-refractivity contribution in [3.63, 3.8) is 0 Å². The fourth-order valence-electron chi connectivity index (χ4n) is 2.69. The number of carbonyl (C=O) groups excluding carboxylic acids is 1. The van der Waals surface area contributed by atoms with Crippen molar-refractivity contribution in [1.29, 1.82) is 0 Å². The van der Waals surface area contributed by atoms with E-state index in [0.717, 1.165) is 18.0 Å². The summed E-state index contributed by atoms with van der Waals surface area (Å²) in [5.74, 6) is -2.67. The molecule has 0 unspecified atom stereocenters.